The molecule has 0 radical (unpaired) electrons. The molecule has 8 aromatic carbocycles. The van der Waals surface area contributed by atoms with Crippen molar-refractivity contribution in [2.45, 2.75) is 78.4 Å². The maximum Gasteiger partial charge on any atom is 0.00996 e. The monoisotopic (exact) mass is 618 g/mol. The molecule has 0 heteroatoms. The fraction of sp³-hybridized carbons (Fsp3) is 0.347. The fourth-order valence-electron chi connectivity index (χ4n) is 19.0. The highest BCUT2D eigenvalue weighted by Crippen LogP contribution is 2.84. The molecule has 226 valence electrons. The van der Waals surface area contributed by atoms with Gasteiger partial charge in [0.25, 0.3) is 0 Å². The maximum atomic E-state index is 2.79. The summed E-state index contributed by atoms with van der Waals surface area (Å²) >= 11 is 0. The van der Waals surface area contributed by atoms with E-state index in [9.17, 15) is 0 Å². The second kappa shape index (κ2) is 5.89. The Bertz CT molecular complexity index is 3190. The highest BCUT2D eigenvalue weighted by atomic mass is 14.7. The van der Waals surface area contributed by atoms with E-state index in [2.05, 4.69) is 60.7 Å². The molecule has 8 aromatic rings. The minimum atomic E-state index is 0.564. The van der Waals surface area contributed by atoms with Crippen LogP contribution in [0.1, 0.15) is 134 Å². The molecule has 0 amide bonds. The van der Waals surface area contributed by atoms with E-state index in [0.717, 1.165) is 47.3 Å². The van der Waals surface area contributed by atoms with Gasteiger partial charge in [-0.15, -0.1) is 0 Å². The Morgan fingerprint density at radius 1 is 0.367 bits per heavy atom. The van der Waals surface area contributed by atoms with Gasteiger partial charge in [-0.05, 0) is 211 Å². The lowest BCUT2D eigenvalue weighted by atomic mass is 9.50. The van der Waals surface area contributed by atoms with Gasteiger partial charge >= 0.3 is 0 Å². The first kappa shape index (κ1) is 21.8. The normalized spacial score (nSPS) is 42.4. The number of hydrogen-bond acceptors (Lipinski definition) is 0. The molecule has 0 N–H and O–H groups in total. The van der Waals surface area contributed by atoms with Crippen LogP contribution >= 0.6 is 0 Å². The quantitative estimate of drug-likeness (QED) is 0.117. The lowest BCUT2D eigenvalue weighted by molar-refractivity contribution is 0.0760. The fourth-order valence-corrected chi connectivity index (χ4v) is 19.0. The van der Waals surface area contributed by atoms with Crippen molar-refractivity contribution in [3.8, 4) is 0 Å². The molecule has 0 spiro atoms. The largest absolute Gasteiger partial charge is 0.0835 e. The predicted octanol–water partition coefficient (Wildman–Crippen LogP) is 11.8. The summed E-state index contributed by atoms with van der Waals surface area (Å²) in [6, 6.07) is 20.4. The van der Waals surface area contributed by atoms with Crippen LogP contribution in [0.4, 0.5) is 0 Å². The Hall–Kier alpha value is -4.16. The van der Waals surface area contributed by atoms with Gasteiger partial charge in [0, 0.05) is 11.8 Å². The van der Waals surface area contributed by atoms with Crippen LogP contribution in [0, 0.1) is 23.7 Å². The average molecular weight is 619 g/mol. The van der Waals surface area contributed by atoms with Crippen LogP contribution in [0.2, 0.25) is 0 Å². The molecule has 2 saturated carbocycles. The molecule has 0 saturated heterocycles. The lowest BCUT2D eigenvalue weighted by Crippen LogP contribution is -2.44. The summed E-state index contributed by atoms with van der Waals surface area (Å²) in [5.41, 5.74) is 18.5. The van der Waals surface area contributed by atoms with Gasteiger partial charge in [0.2, 0.25) is 0 Å². The highest BCUT2D eigenvalue weighted by molar-refractivity contribution is 6.51. The van der Waals surface area contributed by atoms with Gasteiger partial charge in [0.1, 0.15) is 0 Å². The Morgan fingerprint density at radius 2 is 1.00 bits per heavy atom. The van der Waals surface area contributed by atoms with Crippen LogP contribution in [0.5, 0.6) is 0 Å². The molecular formula is C49H30. The van der Waals surface area contributed by atoms with Crippen molar-refractivity contribution >= 4 is 64.6 Å². The molecule has 19 rings (SSSR count). The number of fused-ring (bicyclic) bond motifs is 15. The van der Waals surface area contributed by atoms with Gasteiger partial charge in [0.15, 0.2) is 0 Å². The van der Waals surface area contributed by atoms with Gasteiger partial charge in [0.05, 0.1) is 0 Å². The van der Waals surface area contributed by atoms with Crippen LogP contribution in [0.3, 0.4) is 0 Å². The Morgan fingerprint density at radius 3 is 1.84 bits per heavy atom. The number of benzene rings is 6. The van der Waals surface area contributed by atoms with Gasteiger partial charge < -0.3 is 0 Å². The minimum Gasteiger partial charge on any atom is -0.0835 e. The number of allylic oxidation sites excluding steroid dienone is 2. The third-order valence-electron chi connectivity index (χ3n) is 19.2. The van der Waals surface area contributed by atoms with E-state index in [4.69, 9.17) is 0 Å². The van der Waals surface area contributed by atoms with Crippen molar-refractivity contribution in [2.24, 2.45) is 23.7 Å². The summed E-state index contributed by atoms with van der Waals surface area (Å²) < 4.78 is 0. The molecular weight excluding hydrogens is 589 g/mol. The van der Waals surface area contributed by atoms with Gasteiger partial charge in [-0.3, -0.25) is 0 Å². The van der Waals surface area contributed by atoms with Crippen LogP contribution in [0.25, 0.3) is 64.6 Å². The van der Waals surface area contributed by atoms with Crippen LogP contribution in [0.15, 0.2) is 60.7 Å². The van der Waals surface area contributed by atoms with Gasteiger partial charge in [-0.1, -0.05) is 60.7 Å². The molecule has 14 unspecified atom stereocenters. The third-order valence-corrected chi connectivity index (χ3v) is 19.2. The molecule has 2 fully saturated rings. The SMILES string of the molecule is C1=CC2C3CCC4c5c3c3c6c7c5C5C8c9c%10c(ccc%11c%12ccc%13c%14c(c6c(c97)c(c%14%12)c%10%11)C(C1%13)C32)C8C1C2CC(c3ccccc32)C1C45. The smallest absolute Gasteiger partial charge is 0.00996 e. The standard InChI is InChI=1S/C49H30/c1-2-4-15-14(3-1)24-13-25(15)37-35-23-12-10-21-19-8-6-17-16-5-7-18-20-9-11-22-32-30(20)39-28(18)26(16)38-27(17)29(19)40-31(21)33(23)44-42(35)41(34(22)36(24)37)43(32)48-46(39)45(38)47(40)49(44)48/h1-9,11,17,19,21,23-25,27,29,34-37,41-42H,10,12-13H2. The number of rotatable bonds is 0. The highest BCUT2D eigenvalue weighted by Gasteiger charge is 2.70. The average Bonchev–Trinajstić information content (AvgIpc) is 3.99. The molecule has 0 aromatic heterocycles. The van der Waals surface area contributed by atoms with E-state index in [1.165, 1.54) is 19.3 Å². The predicted molar refractivity (Wildman–Crippen MR) is 196 cm³/mol. The van der Waals surface area contributed by atoms with Crippen LogP contribution in [-0.4, -0.2) is 0 Å². The van der Waals surface area contributed by atoms with Crippen molar-refractivity contribution in [3.05, 3.63) is 116 Å². The van der Waals surface area contributed by atoms with E-state index in [-0.39, 0.29) is 0 Å². The van der Waals surface area contributed by atoms with Crippen molar-refractivity contribution in [2.75, 3.05) is 0 Å². The van der Waals surface area contributed by atoms with Crippen molar-refractivity contribution in [1.82, 2.24) is 0 Å². The first-order chi connectivity index (χ1) is 24.4. The molecule has 0 heterocycles. The summed E-state index contributed by atoms with van der Waals surface area (Å²) in [7, 11) is 0. The van der Waals surface area contributed by atoms with E-state index < -0.39 is 0 Å². The summed E-state index contributed by atoms with van der Waals surface area (Å²) in [6.07, 6.45) is 9.86. The summed E-state index contributed by atoms with van der Waals surface area (Å²) in [5.74, 6) is 10.3. The summed E-state index contributed by atoms with van der Waals surface area (Å²) in [4.78, 5) is 0. The second-order valence-corrected chi connectivity index (χ2v) is 19.4. The summed E-state index contributed by atoms with van der Waals surface area (Å²) in [6.45, 7) is 0. The van der Waals surface area contributed by atoms with E-state index >= 15 is 0 Å². The molecule has 11 aliphatic carbocycles. The molecule has 49 heavy (non-hydrogen) atoms. The second-order valence-electron chi connectivity index (χ2n) is 19.4. The zero-order valence-corrected chi connectivity index (χ0v) is 27.0. The topological polar surface area (TPSA) is 0 Å². The van der Waals surface area contributed by atoms with Crippen molar-refractivity contribution in [1.29, 1.82) is 0 Å². The summed E-state index contributed by atoms with van der Waals surface area (Å²) in [5, 5.41) is 20.7. The van der Waals surface area contributed by atoms with Crippen LogP contribution < -0.4 is 0 Å². The molecule has 0 aliphatic heterocycles. The van der Waals surface area contributed by atoms with Crippen LogP contribution in [-0.2, 0) is 0 Å². The zero-order valence-electron chi connectivity index (χ0n) is 27.0. The molecule has 0 nitrogen and oxygen atoms in total. The zero-order chi connectivity index (χ0) is 30.0. The molecule has 11 aliphatic rings. The van der Waals surface area contributed by atoms with E-state index in [1.807, 2.05) is 49.5 Å². The lowest BCUT2D eigenvalue weighted by Gasteiger charge is -2.53. The van der Waals surface area contributed by atoms with Crippen molar-refractivity contribution in [3.63, 3.8) is 0 Å². The number of hydrogen-bond donors (Lipinski definition) is 0. The van der Waals surface area contributed by atoms with E-state index in [0.29, 0.717) is 35.5 Å². The molecule has 14 atom stereocenters. The van der Waals surface area contributed by atoms with Gasteiger partial charge in [-0.2, -0.15) is 0 Å². The minimum absolute atomic E-state index is 0.564. The van der Waals surface area contributed by atoms with Crippen molar-refractivity contribution < 1.29 is 0 Å². The Kier molecular flexibility index (Phi) is 2.62. The first-order valence-electron chi connectivity index (χ1n) is 20.0. The molecule has 2 bridgehead atoms. The maximum absolute atomic E-state index is 2.79. The van der Waals surface area contributed by atoms with Gasteiger partial charge in [-0.25, -0.2) is 0 Å². The Balaban J connectivity index is 1.14. The Labute approximate surface area is 282 Å². The van der Waals surface area contributed by atoms with E-state index in [1.54, 1.807) is 70.7 Å². The first-order valence-corrected chi connectivity index (χ1v) is 20.0. The third kappa shape index (κ3) is 1.60.